The van der Waals surface area contributed by atoms with Crippen LogP contribution in [0.1, 0.15) is 56.3 Å². The summed E-state index contributed by atoms with van der Waals surface area (Å²) in [5.74, 6) is -0.574. The van der Waals surface area contributed by atoms with E-state index in [4.69, 9.17) is 4.74 Å². The molecule has 2 unspecified atom stereocenters. The zero-order valence-corrected chi connectivity index (χ0v) is 22.6. The van der Waals surface area contributed by atoms with Gasteiger partial charge in [0.1, 0.15) is 0 Å². The molecule has 6 nitrogen and oxygen atoms in total. The van der Waals surface area contributed by atoms with Gasteiger partial charge in [-0.1, -0.05) is 83.9 Å². The van der Waals surface area contributed by atoms with Crippen molar-refractivity contribution in [1.29, 1.82) is 0 Å². The molecule has 2 aromatic carbocycles. The van der Waals surface area contributed by atoms with Crippen LogP contribution in [0.4, 0.5) is 4.79 Å². The van der Waals surface area contributed by atoms with Crippen LogP contribution >= 0.6 is 15.9 Å². The number of benzene rings is 2. The van der Waals surface area contributed by atoms with Crippen LogP contribution in [-0.2, 0) is 14.3 Å². The minimum Gasteiger partial charge on any atom is -0.464 e. The molecular formula is C29H31BrN2O4. The Morgan fingerprint density at radius 1 is 1.14 bits per heavy atom. The number of allylic oxidation sites excluding steroid dienone is 1. The smallest absolute Gasteiger partial charge is 0.333 e. The lowest BCUT2D eigenvalue weighted by Gasteiger charge is -2.45. The molecule has 2 aromatic rings. The number of carbonyl (C=O) groups excluding carboxylic acids is 3. The Morgan fingerprint density at radius 3 is 2.44 bits per heavy atom. The Kier molecular flexibility index (Phi) is 7.50. The summed E-state index contributed by atoms with van der Waals surface area (Å²) in [6, 6.07) is 13.2. The summed E-state index contributed by atoms with van der Waals surface area (Å²) in [5, 5.41) is 2.94. The highest BCUT2D eigenvalue weighted by molar-refractivity contribution is 9.10. The Bertz CT molecular complexity index is 1230. The van der Waals surface area contributed by atoms with Crippen molar-refractivity contribution in [2.45, 2.75) is 52.6 Å². The summed E-state index contributed by atoms with van der Waals surface area (Å²) in [7, 11) is 0. The van der Waals surface area contributed by atoms with Crippen molar-refractivity contribution < 1.29 is 19.1 Å². The van der Waals surface area contributed by atoms with Crippen LogP contribution in [0.3, 0.4) is 0 Å². The highest BCUT2D eigenvalue weighted by Crippen LogP contribution is 2.45. The van der Waals surface area contributed by atoms with Gasteiger partial charge in [-0.25, -0.2) is 9.59 Å². The second-order valence-electron chi connectivity index (χ2n) is 10.1. The van der Waals surface area contributed by atoms with Gasteiger partial charge in [-0.15, -0.1) is 0 Å². The van der Waals surface area contributed by atoms with E-state index in [1.165, 1.54) is 4.90 Å². The SMILES string of the molecule is CCOC(=O)C(/C=C/c1ccc(C)cc1)N1C(=O)NC2=C(C(=O)CC(C)(C)C2)C1c1ccc(Br)cc1. The van der Waals surface area contributed by atoms with Gasteiger partial charge in [-0.05, 0) is 48.9 Å². The van der Waals surface area contributed by atoms with Gasteiger partial charge in [0.2, 0.25) is 0 Å². The molecule has 0 bridgehead atoms. The van der Waals surface area contributed by atoms with Crippen LogP contribution in [0.25, 0.3) is 6.08 Å². The first-order valence-electron chi connectivity index (χ1n) is 12.1. The molecule has 0 radical (unpaired) electrons. The molecule has 0 saturated heterocycles. The Balaban J connectivity index is 1.85. The van der Waals surface area contributed by atoms with Crippen molar-refractivity contribution in [3.63, 3.8) is 0 Å². The molecule has 36 heavy (non-hydrogen) atoms. The summed E-state index contributed by atoms with van der Waals surface area (Å²) < 4.78 is 6.27. The van der Waals surface area contributed by atoms with E-state index in [0.717, 1.165) is 21.2 Å². The number of urea groups is 1. The normalized spacial score (nSPS) is 20.2. The number of nitrogens with zero attached hydrogens (tertiary/aromatic N) is 1. The van der Waals surface area contributed by atoms with Crippen LogP contribution < -0.4 is 5.32 Å². The number of aryl methyl sites for hydroxylation is 1. The van der Waals surface area contributed by atoms with Crippen molar-refractivity contribution in [2.24, 2.45) is 5.41 Å². The number of rotatable bonds is 6. The largest absolute Gasteiger partial charge is 0.464 e. The Labute approximate surface area is 220 Å². The third kappa shape index (κ3) is 5.46. The third-order valence-electron chi connectivity index (χ3n) is 6.53. The third-order valence-corrected chi connectivity index (χ3v) is 7.05. The number of Topliss-reactive ketones (excluding diaryl/α,β-unsaturated/α-hetero) is 1. The topological polar surface area (TPSA) is 75.7 Å². The average molecular weight is 551 g/mol. The van der Waals surface area contributed by atoms with E-state index in [1.54, 1.807) is 13.0 Å². The zero-order chi connectivity index (χ0) is 26.0. The summed E-state index contributed by atoms with van der Waals surface area (Å²) in [6.45, 7) is 7.95. The van der Waals surface area contributed by atoms with Crippen molar-refractivity contribution in [3.8, 4) is 0 Å². The Morgan fingerprint density at radius 2 is 1.81 bits per heavy atom. The number of ether oxygens (including phenoxy) is 1. The average Bonchev–Trinajstić information content (AvgIpc) is 2.80. The molecule has 0 aromatic heterocycles. The predicted molar refractivity (Wildman–Crippen MR) is 143 cm³/mol. The fourth-order valence-electron chi connectivity index (χ4n) is 4.87. The fraction of sp³-hybridized carbons (Fsp3) is 0.345. The van der Waals surface area contributed by atoms with Gasteiger partial charge < -0.3 is 10.1 Å². The van der Waals surface area contributed by atoms with Crippen LogP contribution in [0.15, 0.2) is 70.3 Å². The van der Waals surface area contributed by atoms with Crippen LogP contribution in [0.2, 0.25) is 0 Å². The number of ketones is 1. The predicted octanol–water partition coefficient (Wildman–Crippen LogP) is 6.11. The van der Waals surface area contributed by atoms with E-state index in [2.05, 4.69) is 21.2 Å². The molecule has 1 aliphatic heterocycles. The first-order chi connectivity index (χ1) is 17.1. The number of hydrogen-bond donors (Lipinski definition) is 1. The quantitative estimate of drug-likeness (QED) is 0.440. The molecule has 0 spiro atoms. The van der Waals surface area contributed by atoms with Crippen molar-refractivity contribution in [2.75, 3.05) is 6.61 Å². The second kappa shape index (κ2) is 10.4. The first kappa shape index (κ1) is 25.9. The number of amides is 2. The lowest BCUT2D eigenvalue weighted by Crippen LogP contribution is -2.56. The molecule has 2 amide bonds. The van der Waals surface area contributed by atoms with Gasteiger partial charge in [-0.3, -0.25) is 9.69 Å². The van der Waals surface area contributed by atoms with Crippen LogP contribution in [0, 0.1) is 12.3 Å². The van der Waals surface area contributed by atoms with Gasteiger partial charge in [0.05, 0.1) is 12.6 Å². The highest BCUT2D eigenvalue weighted by Gasteiger charge is 2.47. The molecule has 1 N–H and O–H groups in total. The van der Waals surface area contributed by atoms with Gasteiger partial charge in [-0.2, -0.15) is 0 Å². The Hall–Kier alpha value is -3.19. The van der Waals surface area contributed by atoms with Crippen LogP contribution in [-0.4, -0.2) is 35.3 Å². The molecule has 0 saturated carbocycles. The van der Waals surface area contributed by atoms with E-state index in [-0.39, 0.29) is 17.8 Å². The summed E-state index contributed by atoms with van der Waals surface area (Å²) in [6.07, 6.45) is 4.43. The van der Waals surface area contributed by atoms with Gasteiger partial charge in [0, 0.05) is 22.2 Å². The maximum Gasteiger partial charge on any atom is 0.333 e. The molecule has 4 rings (SSSR count). The molecule has 7 heteroatoms. The molecule has 2 atom stereocenters. The highest BCUT2D eigenvalue weighted by atomic mass is 79.9. The number of nitrogens with one attached hydrogen (secondary N) is 1. The zero-order valence-electron chi connectivity index (χ0n) is 21.0. The monoisotopic (exact) mass is 550 g/mol. The standard InChI is InChI=1S/C29H31BrN2O4/c1-5-36-27(34)23(15-10-19-8-6-18(2)7-9-19)32-26(20-11-13-21(30)14-12-20)25-22(31-28(32)35)16-29(3,4)17-24(25)33/h6-15,23,26H,5,16-17H2,1-4H3,(H,31,35)/b15-10+. The fourth-order valence-corrected chi connectivity index (χ4v) is 5.13. The number of halogens is 1. The van der Waals surface area contributed by atoms with E-state index in [9.17, 15) is 14.4 Å². The minimum absolute atomic E-state index is 0.0238. The maximum absolute atomic E-state index is 13.6. The van der Waals surface area contributed by atoms with Crippen LogP contribution in [0.5, 0.6) is 0 Å². The summed E-state index contributed by atoms with van der Waals surface area (Å²) >= 11 is 3.46. The number of hydrogen-bond acceptors (Lipinski definition) is 4. The molecule has 188 valence electrons. The minimum atomic E-state index is -1.03. The number of carbonyl (C=O) groups is 3. The molecule has 2 aliphatic rings. The van der Waals surface area contributed by atoms with E-state index >= 15 is 0 Å². The van der Waals surface area contributed by atoms with Crippen molar-refractivity contribution >= 4 is 39.8 Å². The van der Waals surface area contributed by atoms with E-state index < -0.39 is 24.1 Å². The van der Waals surface area contributed by atoms with Gasteiger partial charge in [0.25, 0.3) is 0 Å². The van der Waals surface area contributed by atoms with Crippen molar-refractivity contribution in [1.82, 2.24) is 10.2 Å². The van der Waals surface area contributed by atoms with Crippen molar-refractivity contribution in [3.05, 3.63) is 87.0 Å². The van der Waals surface area contributed by atoms with E-state index in [1.807, 2.05) is 75.4 Å². The maximum atomic E-state index is 13.6. The molecule has 1 heterocycles. The van der Waals surface area contributed by atoms with E-state index in [0.29, 0.717) is 24.1 Å². The molecule has 0 fully saturated rings. The first-order valence-corrected chi connectivity index (χ1v) is 12.9. The van der Waals surface area contributed by atoms with Gasteiger partial charge >= 0.3 is 12.0 Å². The second-order valence-corrected chi connectivity index (χ2v) is 11.0. The molecule has 1 aliphatic carbocycles. The lowest BCUT2D eigenvalue weighted by atomic mass is 9.72. The lowest BCUT2D eigenvalue weighted by molar-refractivity contribution is -0.147. The summed E-state index contributed by atoms with van der Waals surface area (Å²) in [4.78, 5) is 41.8. The van der Waals surface area contributed by atoms with Gasteiger partial charge in [0.15, 0.2) is 11.8 Å². The summed E-state index contributed by atoms with van der Waals surface area (Å²) in [5.41, 5.74) is 3.68. The molecular weight excluding hydrogens is 520 g/mol. The number of esters is 1.